The second-order valence-electron chi connectivity index (χ2n) is 3.42. The smallest absolute Gasteiger partial charge is 0.225 e. The van der Waals surface area contributed by atoms with Crippen LogP contribution >= 0.6 is 11.5 Å². The van der Waals surface area contributed by atoms with Crippen molar-refractivity contribution in [3.05, 3.63) is 46.8 Å². The van der Waals surface area contributed by atoms with Gasteiger partial charge in [0.2, 0.25) is 5.88 Å². The van der Waals surface area contributed by atoms with Gasteiger partial charge >= 0.3 is 0 Å². The maximum absolute atomic E-state index is 5.03. The predicted molar refractivity (Wildman–Crippen MR) is 65.7 cm³/mol. The molecule has 0 unspecified atom stereocenters. The Morgan fingerprint density at radius 1 is 1.25 bits per heavy atom. The van der Waals surface area contributed by atoms with Crippen LogP contribution in [0.4, 0.5) is 0 Å². The molecule has 0 aliphatic heterocycles. The molecular formula is C12H14N2OS. The van der Waals surface area contributed by atoms with Crippen molar-refractivity contribution in [3.8, 4) is 5.88 Å². The number of ether oxygens (including phenoxy) is 1. The zero-order chi connectivity index (χ0) is 11.2. The summed E-state index contributed by atoms with van der Waals surface area (Å²) >= 11 is 1.47. The highest BCUT2D eigenvalue weighted by molar-refractivity contribution is 7.05. The van der Waals surface area contributed by atoms with Gasteiger partial charge in [0.05, 0.1) is 7.11 Å². The molecule has 1 N–H and O–H groups in total. The van der Waals surface area contributed by atoms with Gasteiger partial charge in [-0.05, 0) is 17.1 Å². The molecule has 1 aromatic carbocycles. The van der Waals surface area contributed by atoms with Crippen molar-refractivity contribution in [2.75, 3.05) is 7.11 Å². The fourth-order valence-electron chi connectivity index (χ4n) is 1.40. The number of aromatic nitrogens is 1. The quantitative estimate of drug-likeness (QED) is 0.862. The van der Waals surface area contributed by atoms with E-state index < -0.39 is 0 Å². The summed E-state index contributed by atoms with van der Waals surface area (Å²) in [5, 5.41) is 3.37. The maximum Gasteiger partial charge on any atom is 0.225 e. The fraction of sp³-hybridized carbons (Fsp3) is 0.250. The molecule has 16 heavy (non-hydrogen) atoms. The topological polar surface area (TPSA) is 34.1 Å². The van der Waals surface area contributed by atoms with Crippen LogP contribution in [0.1, 0.15) is 10.4 Å². The van der Waals surface area contributed by atoms with Gasteiger partial charge in [-0.3, -0.25) is 0 Å². The maximum atomic E-state index is 5.03. The molecule has 0 radical (unpaired) electrons. The highest BCUT2D eigenvalue weighted by atomic mass is 32.1. The number of hydrogen-bond acceptors (Lipinski definition) is 4. The zero-order valence-electron chi connectivity index (χ0n) is 9.14. The lowest BCUT2D eigenvalue weighted by molar-refractivity contribution is 0.402. The molecule has 0 fully saturated rings. The number of rotatable bonds is 5. The molecule has 0 saturated carbocycles. The monoisotopic (exact) mass is 234 g/mol. The van der Waals surface area contributed by atoms with E-state index in [1.54, 1.807) is 7.11 Å². The van der Waals surface area contributed by atoms with Crippen LogP contribution in [0.2, 0.25) is 0 Å². The fourth-order valence-corrected chi connectivity index (χ4v) is 2.05. The van der Waals surface area contributed by atoms with Crippen LogP contribution in [0.15, 0.2) is 36.4 Å². The summed E-state index contributed by atoms with van der Waals surface area (Å²) in [7, 11) is 1.64. The molecule has 0 aliphatic carbocycles. The third-order valence-corrected chi connectivity index (χ3v) is 2.99. The lowest BCUT2D eigenvalue weighted by Crippen LogP contribution is -2.11. The SMILES string of the molecule is COc1cc(CNCc2ccccc2)sn1. The molecule has 1 aromatic heterocycles. The molecule has 1 heterocycles. The molecule has 2 rings (SSSR count). The van der Waals surface area contributed by atoms with Crippen molar-refractivity contribution in [2.45, 2.75) is 13.1 Å². The normalized spacial score (nSPS) is 10.3. The van der Waals surface area contributed by atoms with E-state index in [1.165, 1.54) is 22.0 Å². The Balaban J connectivity index is 1.80. The Hall–Kier alpha value is -1.39. The number of methoxy groups -OCH3 is 1. The van der Waals surface area contributed by atoms with Crippen LogP contribution in [-0.4, -0.2) is 11.5 Å². The van der Waals surface area contributed by atoms with Gasteiger partial charge in [0.1, 0.15) is 0 Å². The summed E-state index contributed by atoms with van der Waals surface area (Å²) in [6.07, 6.45) is 0. The van der Waals surface area contributed by atoms with Gasteiger partial charge < -0.3 is 10.1 Å². The first-order chi connectivity index (χ1) is 7.88. The number of nitrogens with one attached hydrogen (secondary N) is 1. The zero-order valence-corrected chi connectivity index (χ0v) is 9.96. The lowest BCUT2D eigenvalue weighted by atomic mass is 10.2. The molecule has 0 saturated heterocycles. The minimum Gasteiger partial charge on any atom is -0.480 e. The summed E-state index contributed by atoms with van der Waals surface area (Å²) in [4.78, 5) is 1.19. The molecule has 4 heteroatoms. The first kappa shape index (κ1) is 11.1. The molecule has 0 amide bonds. The van der Waals surface area contributed by atoms with Crippen molar-refractivity contribution in [1.29, 1.82) is 0 Å². The second-order valence-corrected chi connectivity index (χ2v) is 4.31. The Kier molecular flexibility index (Phi) is 3.91. The number of benzene rings is 1. The third-order valence-electron chi connectivity index (χ3n) is 2.22. The van der Waals surface area contributed by atoms with E-state index in [-0.39, 0.29) is 0 Å². The second kappa shape index (κ2) is 5.63. The first-order valence-electron chi connectivity index (χ1n) is 5.12. The Bertz CT molecular complexity index is 428. The van der Waals surface area contributed by atoms with Gasteiger partial charge in [-0.2, -0.15) is 4.37 Å². The highest BCUT2D eigenvalue weighted by Gasteiger charge is 2.00. The van der Waals surface area contributed by atoms with E-state index in [0.717, 1.165) is 13.1 Å². The minimum absolute atomic E-state index is 0.696. The molecule has 0 bridgehead atoms. The Morgan fingerprint density at radius 2 is 2.06 bits per heavy atom. The van der Waals surface area contributed by atoms with Crippen LogP contribution in [0.25, 0.3) is 0 Å². The summed E-state index contributed by atoms with van der Waals surface area (Å²) in [5.41, 5.74) is 1.29. The lowest BCUT2D eigenvalue weighted by Gasteiger charge is -2.02. The summed E-state index contributed by atoms with van der Waals surface area (Å²) in [5.74, 6) is 0.696. The summed E-state index contributed by atoms with van der Waals surface area (Å²) in [6.45, 7) is 1.71. The standard InChI is InChI=1S/C12H14N2OS/c1-15-12-7-11(16-14-12)9-13-8-10-5-3-2-4-6-10/h2-7,13H,8-9H2,1H3. The molecule has 0 aliphatic rings. The van der Waals surface area contributed by atoms with Crippen molar-refractivity contribution in [2.24, 2.45) is 0 Å². The molecule has 84 valence electrons. The summed E-state index contributed by atoms with van der Waals surface area (Å²) in [6, 6.07) is 12.3. The van der Waals surface area contributed by atoms with Crippen LogP contribution in [-0.2, 0) is 13.1 Å². The highest BCUT2D eigenvalue weighted by Crippen LogP contribution is 2.15. The molecule has 2 aromatic rings. The molecule has 3 nitrogen and oxygen atoms in total. The van der Waals surface area contributed by atoms with Gasteiger partial charge in [-0.25, -0.2) is 0 Å². The number of nitrogens with zero attached hydrogens (tertiary/aromatic N) is 1. The van der Waals surface area contributed by atoms with Gasteiger partial charge in [-0.15, -0.1) is 0 Å². The van der Waals surface area contributed by atoms with E-state index in [4.69, 9.17) is 4.74 Å². The van der Waals surface area contributed by atoms with Gasteiger partial charge in [0.15, 0.2) is 0 Å². The van der Waals surface area contributed by atoms with E-state index in [1.807, 2.05) is 24.3 Å². The first-order valence-corrected chi connectivity index (χ1v) is 5.90. The Morgan fingerprint density at radius 3 is 2.75 bits per heavy atom. The average Bonchev–Trinajstić information content (AvgIpc) is 2.78. The van der Waals surface area contributed by atoms with Crippen LogP contribution in [0.5, 0.6) is 5.88 Å². The van der Waals surface area contributed by atoms with Crippen LogP contribution < -0.4 is 10.1 Å². The third kappa shape index (κ3) is 3.05. The van der Waals surface area contributed by atoms with Crippen molar-refractivity contribution < 1.29 is 4.74 Å². The molecule has 0 atom stereocenters. The van der Waals surface area contributed by atoms with Gasteiger partial charge in [0.25, 0.3) is 0 Å². The summed E-state index contributed by atoms with van der Waals surface area (Å²) < 4.78 is 9.17. The van der Waals surface area contributed by atoms with E-state index >= 15 is 0 Å². The van der Waals surface area contributed by atoms with Crippen LogP contribution in [0.3, 0.4) is 0 Å². The minimum atomic E-state index is 0.696. The van der Waals surface area contributed by atoms with E-state index in [2.05, 4.69) is 21.8 Å². The van der Waals surface area contributed by atoms with Crippen LogP contribution in [0, 0.1) is 0 Å². The predicted octanol–water partition coefficient (Wildman–Crippen LogP) is 2.44. The van der Waals surface area contributed by atoms with Crippen molar-refractivity contribution in [3.63, 3.8) is 0 Å². The molecular weight excluding hydrogens is 220 g/mol. The molecule has 0 spiro atoms. The van der Waals surface area contributed by atoms with Crippen molar-refractivity contribution in [1.82, 2.24) is 9.69 Å². The van der Waals surface area contributed by atoms with Gasteiger partial charge in [0, 0.05) is 24.0 Å². The number of hydrogen-bond donors (Lipinski definition) is 1. The Labute approximate surface area is 99.2 Å². The largest absolute Gasteiger partial charge is 0.480 e. The van der Waals surface area contributed by atoms with Gasteiger partial charge in [-0.1, -0.05) is 30.3 Å². The van der Waals surface area contributed by atoms with E-state index in [0.29, 0.717) is 5.88 Å². The van der Waals surface area contributed by atoms with E-state index in [9.17, 15) is 0 Å². The average molecular weight is 234 g/mol. The van der Waals surface area contributed by atoms with Crippen molar-refractivity contribution >= 4 is 11.5 Å².